The Balaban J connectivity index is 3.12. The number of nitriles is 1. The largest absolute Gasteiger partial charge is 0.497 e. The van der Waals surface area contributed by atoms with E-state index in [1.807, 2.05) is 6.07 Å². The second-order valence-corrected chi connectivity index (χ2v) is 4.92. The smallest absolute Gasteiger partial charge is 0.121 e. The minimum Gasteiger partial charge on any atom is -0.497 e. The normalized spacial score (nSPS) is 13.8. The first-order valence-electron chi connectivity index (χ1n) is 6.03. The van der Waals surface area contributed by atoms with Crippen LogP contribution in [0.2, 0.25) is 0 Å². The second-order valence-electron chi connectivity index (χ2n) is 4.92. The van der Waals surface area contributed by atoms with Gasteiger partial charge in [-0.25, -0.2) is 0 Å². The molecular weight excluding hydrogens is 226 g/mol. The fourth-order valence-corrected chi connectivity index (χ4v) is 1.59. The molecule has 0 saturated carbocycles. The highest BCUT2D eigenvalue weighted by Gasteiger charge is 2.27. The molecule has 1 rings (SSSR count). The number of nitrogens with one attached hydrogen (secondary N) is 1. The van der Waals surface area contributed by atoms with Gasteiger partial charge in [0.2, 0.25) is 0 Å². The molecule has 0 aliphatic carbocycles. The third kappa shape index (κ3) is 2.93. The first-order chi connectivity index (χ1) is 8.46. The lowest BCUT2D eigenvalue weighted by atomic mass is 9.88. The van der Waals surface area contributed by atoms with Crippen molar-refractivity contribution in [1.82, 2.24) is 0 Å². The fraction of sp³-hybridized carbons (Fsp3) is 0.500. The molecule has 18 heavy (non-hydrogen) atoms. The number of hydrogen-bond donors (Lipinski definition) is 2. The molecule has 98 valence electrons. The molecule has 0 amide bonds. The Labute approximate surface area is 109 Å². The summed E-state index contributed by atoms with van der Waals surface area (Å²) in [5, 5.41) is 12.5. The van der Waals surface area contributed by atoms with Gasteiger partial charge < -0.3 is 15.8 Å². The van der Waals surface area contributed by atoms with Crippen molar-refractivity contribution in [3.8, 4) is 11.8 Å². The molecule has 4 nitrogen and oxygen atoms in total. The minimum absolute atomic E-state index is 0.252. The van der Waals surface area contributed by atoms with Crippen LogP contribution < -0.4 is 15.8 Å². The van der Waals surface area contributed by atoms with Crippen molar-refractivity contribution in [1.29, 1.82) is 5.26 Å². The Kier molecular flexibility index (Phi) is 4.57. The van der Waals surface area contributed by atoms with Gasteiger partial charge in [-0.2, -0.15) is 5.26 Å². The number of ether oxygens (including phenoxy) is 1. The van der Waals surface area contributed by atoms with E-state index in [-0.39, 0.29) is 5.54 Å². The summed E-state index contributed by atoms with van der Waals surface area (Å²) in [6.45, 7) is 6.75. The summed E-state index contributed by atoms with van der Waals surface area (Å²) in [6, 6.07) is 7.53. The molecule has 0 heterocycles. The van der Waals surface area contributed by atoms with Gasteiger partial charge in [0.25, 0.3) is 0 Å². The number of methoxy groups -OCH3 is 1. The molecule has 1 aromatic rings. The van der Waals surface area contributed by atoms with Gasteiger partial charge in [0, 0.05) is 18.2 Å². The number of rotatable bonds is 5. The van der Waals surface area contributed by atoms with E-state index in [2.05, 4.69) is 32.2 Å². The highest BCUT2D eigenvalue weighted by Crippen LogP contribution is 2.27. The van der Waals surface area contributed by atoms with Crippen LogP contribution in [0.5, 0.6) is 5.75 Å². The van der Waals surface area contributed by atoms with Crippen molar-refractivity contribution in [3.63, 3.8) is 0 Å². The van der Waals surface area contributed by atoms with E-state index in [0.717, 1.165) is 11.4 Å². The molecule has 0 fully saturated rings. The summed E-state index contributed by atoms with van der Waals surface area (Å²) in [5.41, 5.74) is 6.95. The maximum Gasteiger partial charge on any atom is 0.121 e. The summed E-state index contributed by atoms with van der Waals surface area (Å²) >= 11 is 0. The van der Waals surface area contributed by atoms with Crippen LogP contribution in [0.25, 0.3) is 0 Å². The van der Waals surface area contributed by atoms with Gasteiger partial charge in [0.15, 0.2) is 0 Å². The Morgan fingerprint density at radius 2 is 2.17 bits per heavy atom. The highest BCUT2D eigenvalue weighted by molar-refractivity contribution is 5.61. The average Bonchev–Trinajstić information content (AvgIpc) is 2.38. The van der Waals surface area contributed by atoms with Crippen LogP contribution in [-0.2, 0) is 0 Å². The maximum atomic E-state index is 9.13. The van der Waals surface area contributed by atoms with Crippen LogP contribution in [0.15, 0.2) is 18.2 Å². The number of anilines is 1. The van der Waals surface area contributed by atoms with Crippen LogP contribution >= 0.6 is 0 Å². The van der Waals surface area contributed by atoms with Gasteiger partial charge in [0.1, 0.15) is 11.8 Å². The maximum absolute atomic E-state index is 9.13. The number of benzene rings is 1. The third-order valence-corrected chi connectivity index (χ3v) is 3.47. The quantitative estimate of drug-likeness (QED) is 0.838. The van der Waals surface area contributed by atoms with Crippen LogP contribution in [0, 0.1) is 17.2 Å². The first kappa shape index (κ1) is 14.3. The molecule has 4 heteroatoms. The van der Waals surface area contributed by atoms with E-state index < -0.39 is 0 Å². The summed E-state index contributed by atoms with van der Waals surface area (Å²) in [6.07, 6.45) is 0. The van der Waals surface area contributed by atoms with Crippen molar-refractivity contribution >= 4 is 5.69 Å². The van der Waals surface area contributed by atoms with Crippen molar-refractivity contribution < 1.29 is 4.74 Å². The molecule has 0 aromatic heterocycles. The highest BCUT2D eigenvalue weighted by atomic mass is 16.5. The summed E-state index contributed by atoms with van der Waals surface area (Å²) in [4.78, 5) is 0. The molecule has 0 saturated heterocycles. The van der Waals surface area contributed by atoms with E-state index in [4.69, 9.17) is 15.7 Å². The van der Waals surface area contributed by atoms with Gasteiger partial charge in [0.05, 0.1) is 18.4 Å². The van der Waals surface area contributed by atoms with E-state index in [1.54, 1.807) is 19.2 Å². The Morgan fingerprint density at radius 3 is 2.61 bits per heavy atom. The predicted molar refractivity (Wildman–Crippen MR) is 73.6 cm³/mol. The van der Waals surface area contributed by atoms with E-state index in [1.165, 1.54) is 0 Å². The second kappa shape index (κ2) is 5.74. The fourth-order valence-electron chi connectivity index (χ4n) is 1.59. The molecule has 0 aliphatic rings. The molecule has 1 atom stereocenters. The Hall–Kier alpha value is -1.73. The van der Waals surface area contributed by atoms with Crippen LogP contribution in [-0.4, -0.2) is 19.2 Å². The summed E-state index contributed by atoms with van der Waals surface area (Å²) in [5.74, 6) is 1.07. The standard InChI is InChI=1S/C14H21N3O/c1-10(2)14(3,9-16)17-13-7-12(18-4)6-5-11(13)8-15/h5-7,10,17H,9,16H2,1-4H3. The molecule has 0 radical (unpaired) electrons. The monoisotopic (exact) mass is 247 g/mol. The zero-order valence-electron chi connectivity index (χ0n) is 11.4. The minimum atomic E-state index is -0.252. The SMILES string of the molecule is COc1ccc(C#N)c(NC(C)(CN)C(C)C)c1. The van der Waals surface area contributed by atoms with E-state index in [0.29, 0.717) is 18.0 Å². The van der Waals surface area contributed by atoms with Gasteiger partial charge in [-0.1, -0.05) is 13.8 Å². The lowest BCUT2D eigenvalue weighted by molar-refractivity contribution is 0.381. The Morgan fingerprint density at radius 1 is 1.50 bits per heavy atom. The van der Waals surface area contributed by atoms with Crippen molar-refractivity contribution in [2.45, 2.75) is 26.3 Å². The predicted octanol–water partition coefficient (Wildman–Crippen LogP) is 2.35. The average molecular weight is 247 g/mol. The topological polar surface area (TPSA) is 71.1 Å². The first-order valence-corrected chi connectivity index (χ1v) is 6.03. The van der Waals surface area contributed by atoms with Gasteiger partial charge in [-0.3, -0.25) is 0 Å². The van der Waals surface area contributed by atoms with Crippen LogP contribution in [0.3, 0.4) is 0 Å². The summed E-state index contributed by atoms with van der Waals surface area (Å²) < 4.78 is 5.18. The van der Waals surface area contributed by atoms with Gasteiger partial charge in [-0.15, -0.1) is 0 Å². The molecule has 0 bridgehead atoms. The van der Waals surface area contributed by atoms with Gasteiger partial charge >= 0.3 is 0 Å². The molecule has 0 aliphatic heterocycles. The Bertz CT molecular complexity index is 451. The van der Waals surface area contributed by atoms with Crippen LogP contribution in [0.4, 0.5) is 5.69 Å². The molecular formula is C14H21N3O. The van der Waals surface area contributed by atoms with Crippen molar-refractivity contribution in [2.24, 2.45) is 11.7 Å². The van der Waals surface area contributed by atoms with Crippen molar-refractivity contribution in [3.05, 3.63) is 23.8 Å². The van der Waals surface area contributed by atoms with Crippen LogP contribution in [0.1, 0.15) is 26.3 Å². The lowest BCUT2D eigenvalue weighted by Crippen LogP contribution is -2.47. The number of hydrogen-bond acceptors (Lipinski definition) is 4. The number of nitrogens with zero attached hydrogens (tertiary/aromatic N) is 1. The number of nitrogens with two attached hydrogens (primary N) is 1. The molecule has 3 N–H and O–H groups in total. The van der Waals surface area contributed by atoms with E-state index >= 15 is 0 Å². The third-order valence-electron chi connectivity index (χ3n) is 3.47. The zero-order chi connectivity index (χ0) is 13.8. The lowest BCUT2D eigenvalue weighted by Gasteiger charge is -2.35. The summed E-state index contributed by atoms with van der Waals surface area (Å²) in [7, 11) is 1.61. The molecule has 1 aromatic carbocycles. The molecule has 1 unspecified atom stereocenters. The zero-order valence-corrected chi connectivity index (χ0v) is 11.4. The molecule has 0 spiro atoms. The van der Waals surface area contributed by atoms with E-state index in [9.17, 15) is 0 Å². The van der Waals surface area contributed by atoms with Gasteiger partial charge in [-0.05, 0) is 25.0 Å². The van der Waals surface area contributed by atoms with Crippen molar-refractivity contribution in [2.75, 3.05) is 19.0 Å².